The summed E-state index contributed by atoms with van der Waals surface area (Å²) in [5.41, 5.74) is 5.24. The van der Waals surface area contributed by atoms with E-state index in [1.54, 1.807) is 6.20 Å². The van der Waals surface area contributed by atoms with Gasteiger partial charge in [-0.2, -0.15) is 5.10 Å². The van der Waals surface area contributed by atoms with Gasteiger partial charge in [0.05, 0.1) is 22.9 Å². The Bertz CT molecular complexity index is 760. The van der Waals surface area contributed by atoms with Crippen molar-refractivity contribution in [2.45, 2.75) is 20.4 Å². The first-order valence-electron chi connectivity index (χ1n) is 6.60. The number of rotatable bonds is 3. The van der Waals surface area contributed by atoms with Crippen molar-refractivity contribution < 1.29 is 0 Å². The molecule has 1 N–H and O–H groups in total. The summed E-state index contributed by atoms with van der Waals surface area (Å²) in [7, 11) is 1.96. The van der Waals surface area contributed by atoms with Gasteiger partial charge in [0.25, 0.3) is 0 Å². The second-order valence-electron chi connectivity index (χ2n) is 4.87. The predicted molar refractivity (Wildman–Crippen MR) is 79.5 cm³/mol. The standard InChI is InChI=1S/C15H17N5/c1-10-12(11(2)20(3)19-10)8-17-15-9-16-13-6-4-5-7-14(13)18-15/h4-7,9H,8H2,1-3H3,(H,17,18). The molecule has 3 rings (SSSR count). The van der Waals surface area contributed by atoms with E-state index in [1.807, 2.05) is 42.9 Å². The molecule has 1 aromatic carbocycles. The van der Waals surface area contributed by atoms with Crippen LogP contribution in [0, 0.1) is 13.8 Å². The highest BCUT2D eigenvalue weighted by Crippen LogP contribution is 2.15. The van der Waals surface area contributed by atoms with E-state index in [0.29, 0.717) is 6.54 Å². The van der Waals surface area contributed by atoms with Crippen LogP contribution < -0.4 is 5.32 Å². The molecular weight excluding hydrogens is 250 g/mol. The zero-order chi connectivity index (χ0) is 14.1. The Morgan fingerprint density at radius 3 is 2.60 bits per heavy atom. The van der Waals surface area contributed by atoms with Gasteiger partial charge in [-0.3, -0.25) is 9.67 Å². The summed E-state index contributed by atoms with van der Waals surface area (Å²) in [6.45, 7) is 4.80. The molecule has 0 atom stereocenters. The van der Waals surface area contributed by atoms with Crippen molar-refractivity contribution >= 4 is 16.9 Å². The summed E-state index contributed by atoms with van der Waals surface area (Å²) in [4.78, 5) is 8.95. The number of nitrogens with zero attached hydrogens (tertiary/aromatic N) is 4. The smallest absolute Gasteiger partial charge is 0.145 e. The molecular formula is C15H17N5. The topological polar surface area (TPSA) is 55.6 Å². The Kier molecular flexibility index (Phi) is 3.10. The van der Waals surface area contributed by atoms with Crippen molar-refractivity contribution in [2.75, 3.05) is 5.32 Å². The number of anilines is 1. The molecule has 102 valence electrons. The van der Waals surface area contributed by atoms with Crippen molar-refractivity contribution in [1.29, 1.82) is 0 Å². The molecule has 5 nitrogen and oxygen atoms in total. The fourth-order valence-electron chi connectivity index (χ4n) is 2.29. The number of aromatic nitrogens is 4. The lowest BCUT2D eigenvalue weighted by molar-refractivity contribution is 0.730. The molecule has 5 heteroatoms. The van der Waals surface area contributed by atoms with Gasteiger partial charge in [0.1, 0.15) is 5.82 Å². The van der Waals surface area contributed by atoms with Gasteiger partial charge in [0, 0.05) is 24.8 Å². The fraction of sp³-hybridized carbons (Fsp3) is 0.267. The van der Waals surface area contributed by atoms with E-state index in [1.165, 1.54) is 11.3 Å². The molecule has 0 bridgehead atoms. The highest BCUT2D eigenvalue weighted by atomic mass is 15.3. The van der Waals surface area contributed by atoms with E-state index in [0.717, 1.165) is 22.5 Å². The number of benzene rings is 1. The minimum Gasteiger partial charge on any atom is -0.365 e. The van der Waals surface area contributed by atoms with Crippen LogP contribution in [0.3, 0.4) is 0 Å². The Balaban J connectivity index is 1.83. The van der Waals surface area contributed by atoms with E-state index in [-0.39, 0.29) is 0 Å². The molecule has 0 radical (unpaired) electrons. The summed E-state index contributed by atoms with van der Waals surface area (Å²) in [5, 5.41) is 7.73. The average molecular weight is 267 g/mol. The molecule has 0 saturated heterocycles. The van der Waals surface area contributed by atoms with Crippen LogP contribution in [0.4, 0.5) is 5.82 Å². The molecule has 0 amide bonds. The molecule has 2 aromatic heterocycles. The maximum Gasteiger partial charge on any atom is 0.145 e. The van der Waals surface area contributed by atoms with Crippen molar-refractivity contribution in [2.24, 2.45) is 7.05 Å². The van der Waals surface area contributed by atoms with Gasteiger partial charge in [0.2, 0.25) is 0 Å². The van der Waals surface area contributed by atoms with E-state index in [9.17, 15) is 0 Å². The summed E-state index contributed by atoms with van der Waals surface area (Å²) in [6, 6.07) is 7.86. The number of fused-ring (bicyclic) bond motifs is 1. The summed E-state index contributed by atoms with van der Waals surface area (Å²) in [6.07, 6.45) is 1.77. The minimum atomic E-state index is 0.707. The number of para-hydroxylation sites is 2. The Morgan fingerprint density at radius 1 is 1.15 bits per heavy atom. The SMILES string of the molecule is Cc1nn(C)c(C)c1CNc1cnc2ccccc2n1. The van der Waals surface area contributed by atoms with Crippen LogP contribution >= 0.6 is 0 Å². The van der Waals surface area contributed by atoms with Gasteiger partial charge >= 0.3 is 0 Å². The fourth-order valence-corrected chi connectivity index (χ4v) is 2.29. The predicted octanol–water partition coefficient (Wildman–Crippen LogP) is 2.59. The molecule has 0 fully saturated rings. The Hall–Kier alpha value is -2.43. The van der Waals surface area contributed by atoms with Crippen LogP contribution in [-0.4, -0.2) is 19.7 Å². The lowest BCUT2D eigenvalue weighted by Gasteiger charge is -2.06. The lowest BCUT2D eigenvalue weighted by Crippen LogP contribution is -2.04. The van der Waals surface area contributed by atoms with Crippen LogP contribution in [0.15, 0.2) is 30.5 Å². The van der Waals surface area contributed by atoms with E-state index < -0.39 is 0 Å². The van der Waals surface area contributed by atoms with Crippen molar-refractivity contribution in [3.05, 3.63) is 47.4 Å². The first-order chi connectivity index (χ1) is 9.65. The van der Waals surface area contributed by atoms with Gasteiger partial charge in [-0.1, -0.05) is 12.1 Å². The van der Waals surface area contributed by atoms with E-state index in [4.69, 9.17) is 0 Å². The molecule has 0 saturated carbocycles. The van der Waals surface area contributed by atoms with E-state index >= 15 is 0 Å². The third-order valence-corrected chi connectivity index (χ3v) is 3.55. The van der Waals surface area contributed by atoms with Gasteiger partial charge in [0.15, 0.2) is 0 Å². The van der Waals surface area contributed by atoms with Crippen LogP contribution in [0.2, 0.25) is 0 Å². The lowest BCUT2D eigenvalue weighted by atomic mass is 10.2. The van der Waals surface area contributed by atoms with E-state index in [2.05, 4.69) is 27.3 Å². The van der Waals surface area contributed by atoms with Gasteiger partial charge in [-0.05, 0) is 26.0 Å². The number of hydrogen-bond acceptors (Lipinski definition) is 4. The van der Waals surface area contributed by atoms with Crippen molar-refractivity contribution in [1.82, 2.24) is 19.7 Å². The summed E-state index contributed by atoms with van der Waals surface area (Å²) in [5.74, 6) is 0.784. The second-order valence-corrected chi connectivity index (χ2v) is 4.87. The van der Waals surface area contributed by atoms with Crippen LogP contribution in [-0.2, 0) is 13.6 Å². The van der Waals surface area contributed by atoms with Crippen LogP contribution in [0.1, 0.15) is 17.0 Å². The number of nitrogens with one attached hydrogen (secondary N) is 1. The third-order valence-electron chi connectivity index (χ3n) is 3.55. The first-order valence-corrected chi connectivity index (χ1v) is 6.60. The molecule has 2 heterocycles. The van der Waals surface area contributed by atoms with Crippen LogP contribution in [0.5, 0.6) is 0 Å². The van der Waals surface area contributed by atoms with Gasteiger partial charge in [-0.25, -0.2) is 4.98 Å². The largest absolute Gasteiger partial charge is 0.365 e. The molecule has 0 aliphatic carbocycles. The zero-order valence-electron chi connectivity index (χ0n) is 11.9. The maximum atomic E-state index is 4.56. The molecule has 0 aliphatic heterocycles. The monoisotopic (exact) mass is 267 g/mol. The Morgan fingerprint density at radius 2 is 1.90 bits per heavy atom. The highest BCUT2D eigenvalue weighted by Gasteiger charge is 2.09. The molecule has 0 spiro atoms. The maximum absolute atomic E-state index is 4.56. The Labute approximate surface area is 117 Å². The molecule has 20 heavy (non-hydrogen) atoms. The quantitative estimate of drug-likeness (QED) is 0.792. The molecule has 3 aromatic rings. The van der Waals surface area contributed by atoms with Crippen molar-refractivity contribution in [3.63, 3.8) is 0 Å². The summed E-state index contributed by atoms with van der Waals surface area (Å²) < 4.78 is 1.90. The molecule has 0 aliphatic rings. The summed E-state index contributed by atoms with van der Waals surface area (Å²) >= 11 is 0. The van der Waals surface area contributed by atoms with Gasteiger partial charge in [-0.15, -0.1) is 0 Å². The normalized spacial score (nSPS) is 10.9. The van der Waals surface area contributed by atoms with Gasteiger partial charge < -0.3 is 5.32 Å². The van der Waals surface area contributed by atoms with Crippen molar-refractivity contribution in [3.8, 4) is 0 Å². The second kappa shape index (κ2) is 4.92. The molecule has 0 unspecified atom stereocenters. The highest BCUT2D eigenvalue weighted by molar-refractivity contribution is 5.75. The number of aryl methyl sites for hydroxylation is 2. The average Bonchev–Trinajstić information content (AvgIpc) is 2.70. The zero-order valence-corrected chi connectivity index (χ0v) is 11.9. The minimum absolute atomic E-state index is 0.707. The number of hydrogen-bond donors (Lipinski definition) is 1. The third kappa shape index (κ3) is 2.22. The van der Waals surface area contributed by atoms with Crippen LogP contribution in [0.25, 0.3) is 11.0 Å². The first kappa shape index (κ1) is 12.6.